The Bertz CT molecular complexity index is 601. The van der Waals surface area contributed by atoms with E-state index in [0.29, 0.717) is 25.1 Å². The van der Waals surface area contributed by atoms with E-state index in [9.17, 15) is 9.59 Å². The molecule has 2 rings (SSSR count). The summed E-state index contributed by atoms with van der Waals surface area (Å²) in [4.78, 5) is 24.9. The van der Waals surface area contributed by atoms with Gasteiger partial charge in [0.25, 0.3) is 5.91 Å². The summed E-state index contributed by atoms with van der Waals surface area (Å²) in [5.74, 6) is 0.358. The first kappa shape index (κ1) is 15.5. The molecule has 1 aromatic carbocycles. The van der Waals surface area contributed by atoms with E-state index in [1.807, 2.05) is 18.2 Å². The second-order valence-electron chi connectivity index (χ2n) is 4.71. The van der Waals surface area contributed by atoms with Crippen LogP contribution in [0.1, 0.15) is 18.4 Å². The molecule has 2 amide bonds. The molecule has 0 unspecified atom stereocenters. The molecule has 6 nitrogen and oxygen atoms in total. The van der Waals surface area contributed by atoms with Crippen LogP contribution in [0.4, 0.5) is 0 Å². The fourth-order valence-corrected chi connectivity index (χ4v) is 2.46. The molecule has 0 bridgehead atoms. The zero-order valence-electron chi connectivity index (χ0n) is 11.9. The van der Waals surface area contributed by atoms with E-state index < -0.39 is 0 Å². The van der Waals surface area contributed by atoms with Crippen LogP contribution in [0.3, 0.4) is 0 Å². The Morgan fingerprint density at radius 2 is 2.24 bits per heavy atom. The van der Waals surface area contributed by atoms with Gasteiger partial charge >= 0.3 is 0 Å². The Kier molecular flexibility index (Phi) is 4.95. The minimum absolute atomic E-state index is 0.164. The molecule has 1 heterocycles. The highest BCUT2D eigenvalue weighted by atomic mass is 79.9. The third-order valence-corrected chi connectivity index (χ3v) is 3.64. The number of halogens is 1. The zero-order chi connectivity index (χ0) is 15.4. The van der Waals surface area contributed by atoms with Gasteiger partial charge in [-0.25, -0.2) is 5.43 Å². The van der Waals surface area contributed by atoms with Crippen LogP contribution in [0.15, 0.2) is 27.8 Å². The van der Waals surface area contributed by atoms with E-state index in [0.717, 1.165) is 15.8 Å². The minimum Gasteiger partial charge on any atom is -0.496 e. The SMILES string of the molecule is COc1ccc(Br)cc1CN(C)C(=O)C1=NNC(=O)CC1. The van der Waals surface area contributed by atoms with Crippen LogP contribution < -0.4 is 10.2 Å². The number of ether oxygens (including phenoxy) is 1. The fourth-order valence-electron chi connectivity index (χ4n) is 2.05. The molecular weight excluding hydrogens is 338 g/mol. The first-order chi connectivity index (χ1) is 10.0. The van der Waals surface area contributed by atoms with Crippen LogP contribution in [-0.2, 0) is 16.1 Å². The van der Waals surface area contributed by atoms with Crippen LogP contribution in [0, 0.1) is 0 Å². The van der Waals surface area contributed by atoms with Crippen molar-refractivity contribution in [3.63, 3.8) is 0 Å². The number of hydrogen-bond donors (Lipinski definition) is 1. The molecule has 112 valence electrons. The Labute approximate surface area is 131 Å². The van der Waals surface area contributed by atoms with Gasteiger partial charge in [0.15, 0.2) is 0 Å². The van der Waals surface area contributed by atoms with Crippen LogP contribution in [0.5, 0.6) is 5.75 Å². The Balaban J connectivity index is 2.11. The molecule has 0 saturated carbocycles. The Morgan fingerprint density at radius 1 is 1.48 bits per heavy atom. The number of nitrogens with one attached hydrogen (secondary N) is 1. The lowest BCUT2D eigenvalue weighted by molar-refractivity contribution is -0.124. The third-order valence-electron chi connectivity index (χ3n) is 3.15. The summed E-state index contributed by atoms with van der Waals surface area (Å²) in [7, 11) is 3.29. The van der Waals surface area contributed by atoms with Crippen molar-refractivity contribution < 1.29 is 14.3 Å². The number of hydrogen-bond acceptors (Lipinski definition) is 4. The van der Waals surface area contributed by atoms with E-state index >= 15 is 0 Å². The highest BCUT2D eigenvalue weighted by Gasteiger charge is 2.22. The molecular formula is C14H16BrN3O3. The van der Waals surface area contributed by atoms with E-state index in [1.165, 1.54) is 0 Å². The van der Waals surface area contributed by atoms with Gasteiger partial charge in [-0.3, -0.25) is 9.59 Å². The summed E-state index contributed by atoms with van der Waals surface area (Å²) in [5, 5.41) is 3.82. The van der Waals surface area contributed by atoms with Crippen molar-refractivity contribution in [1.29, 1.82) is 0 Å². The summed E-state index contributed by atoms with van der Waals surface area (Å²) in [6, 6.07) is 5.63. The lowest BCUT2D eigenvalue weighted by Gasteiger charge is -2.21. The maximum absolute atomic E-state index is 12.3. The van der Waals surface area contributed by atoms with Crippen molar-refractivity contribution in [3.05, 3.63) is 28.2 Å². The lowest BCUT2D eigenvalue weighted by atomic mass is 10.1. The van der Waals surface area contributed by atoms with Crippen molar-refractivity contribution in [3.8, 4) is 5.75 Å². The maximum Gasteiger partial charge on any atom is 0.270 e. The molecule has 1 aliphatic rings. The van der Waals surface area contributed by atoms with Gasteiger partial charge in [0.05, 0.1) is 7.11 Å². The van der Waals surface area contributed by atoms with Gasteiger partial charge in [-0.2, -0.15) is 5.10 Å². The van der Waals surface area contributed by atoms with Gasteiger partial charge < -0.3 is 9.64 Å². The second kappa shape index (κ2) is 6.71. The van der Waals surface area contributed by atoms with Crippen LogP contribution in [0.2, 0.25) is 0 Å². The first-order valence-corrected chi connectivity index (χ1v) is 7.24. The number of rotatable bonds is 4. The van der Waals surface area contributed by atoms with Crippen molar-refractivity contribution in [2.24, 2.45) is 5.10 Å². The van der Waals surface area contributed by atoms with Crippen molar-refractivity contribution in [2.45, 2.75) is 19.4 Å². The predicted octanol–water partition coefficient (Wildman–Crippen LogP) is 1.68. The van der Waals surface area contributed by atoms with E-state index in [2.05, 4.69) is 26.5 Å². The predicted molar refractivity (Wildman–Crippen MR) is 82.0 cm³/mol. The molecule has 0 fully saturated rings. The zero-order valence-corrected chi connectivity index (χ0v) is 13.4. The van der Waals surface area contributed by atoms with Crippen LogP contribution in [0.25, 0.3) is 0 Å². The molecule has 1 N–H and O–H groups in total. The topological polar surface area (TPSA) is 71.0 Å². The molecule has 7 heteroatoms. The van der Waals surface area contributed by atoms with Gasteiger partial charge in [-0.15, -0.1) is 0 Å². The highest BCUT2D eigenvalue weighted by Crippen LogP contribution is 2.24. The molecule has 1 aromatic rings. The van der Waals surface area contributed by atoms with Crippen molar-refractivity contribution >= 4 is 33.5 Å². The molecule has 1 aliphatic heterocycles. The second-order valence-corrected chi connectivity index (χ2v) is 5.63. The van der Waals surface area contributed by atoms with Gasteiger partial charge in [0.1, 0.15) is 11.5 Å². The van der Waals surface area contributed by atoms with E-state index in [4.69, 9.17) is 4.74 Å². The molecule has 21 heavy (non-hydrogen) atoms. The summed E-state index contributed by atoms with van der Waals surface area (Å²) in [6.45, 7) is 0.397. The number of carbonyl (C=O) groups excluding carboxylic acids is 2. The molecule has 0 aliphatic carbocycles. The van der Waals surface area contributed by atoms with Crippen molar-refractivity contribution in [2.75, 3.05) is 14.2 Å². The third kappa shape index (κ3) is 3.81. The van der Waals surface area contributed by atoms with Gasteiger partial charge in [-0.1, -0.05) is 15.9 Å². The number of nitrogens with zero attached hydrogens (tertiary/aromatic N) is 2. The van der Waals surface area contributed by atoms with Crippen LogP contribution >= 0.6 is 15.9 Å². The quantitative estimate of drug-likeness (QED) is 0.895. The smallest absolute Gasteiger partial charge is 0.270 e. The van der Waals surface area contributed by atoms with Gasteiger partial charge in [0.2, 0.25) is 5.91 Å². The summed E-state index contributed by atoms with van der Waals surface area (Å²) in [5.41, 5.74) is 3.59. The average Bonchev–Trinajstić information content (AvgIpc) is 2.47. The number of hydrazone groups is 1. The molecule has 0 aromatic heterocycles. The fraction of sp³-hybridized carbons (Fsp3) is 0.357. The molecule has 0 spiro atoms. The molecule has 0 saturated heterocycles. The summed E-state index contributed by atoms with van der Waals surface area (Å²) >= 11 is 3.41. The first-order valence-electron chi connectivity index (χ1n) is 6.44. The van der Waals surface area contributed by atoms with Gasteiger partial charge in [0, 0.05) is 36.5 Å². The highest BCUT2D eigenvalue weighted by molar-refractivity contribution is 9.10. The number of amides is 2. The number of carbonyl (C=O) groups is 2. The Morgan fingerprint density at radius 3 is 2.86 bits per heavy atom. The van der Waals surface area contributed by atoms with Gasteiger partial charge in [-0.05, 0) is 18.2 Å². The monoisotopic (exact) mass is 353 g/mol. The normalized spacial score (nSPS) is 14.2. The van der Waals surface area contributed by atoms with E-state index in [-0.39, 0.29) is 11.8 Å². The van der Waals surface area contributed by atoms with E-state index in [1.54, 1.807) is 19.1 Å². The lowest BCUT2D eigenvalue weighted by Crippen LogP contribution is -2.37. The molecule has 0 atom stereocenters. The number of methoxy groups -OCH3 is 1. The number of benzene rings is 1. The largest absolute Gasteiger partial charge is 0.496 e. The maximum atomic E-state index is 12.3. The minimum atomic E-state index is -0.197. The summed E-state index contributed by atoms with van der Waals surface area (Å²) in [6.07, 6.45) is 0.656. The molecule has 0 radical (unpaired) electrons. The summed E-state index contributed by atoms with van der Waals surface area (Å²) < 4.78 is 6.21. The average molecular weight is 354 g/mol. The van der Waals surface area contributed by atoms with Crippen molar-refractivity contribution in [1.82, 2.24) is 10.3 Å². The Hall–Kier alpha value is -1.89. The standard InChI is InChI=1S/C14H16BrN3O3/c1-18(14(20)11-4-6-13(19)17-16-11)8-9-7-10(15)3-5-12(9)21-2/h3,5,7H,4,6,8H2,1-2H3,(H,17,19). The van der Waals surface area contributed by atoms with Crippen LogP contribution in [-0.4, -0.2) is 36.6 Å².